The van der Waals surface area contributed by atoms with Crippen LogP contribution in [0.2, 0.25) is 0 Å². The highest BCUT2D eigenvalue weighted by atomic mass is 16.4. The van der Waals surface area contributed by atoms with Gasteiger partial charge in [-0.15, -0.1) is 0 Å². The van der Waals surface area contributed by atoms with Gasteiger partial charge in [0.05, 0.1) is 5.41 Å². The number of carboxylic acid groups (broad SMARTS) is 1. The highest BCUT2D eigenvalue weighted by Crippen LogP contribution is 2.33. The summed E-state index contributed by atoms with van der Waals surface area (Å²) >= 11 is 0. The molecule has 2 N–H and O–H groups in total. The summed E-state index contributed by atoms with van der Waals surface area (Å²) in [6.45, 7) is 3.65. The maximum Gasteiger partial charge on any atom is 0.310 e. The Morgan fingerprint density at radius 1 is 1.29 bits per heavy atom. The van der Waals surface area contributed by atoms with Crippen LogP contribution in [0, 0.1) is 12.3 Å². The Labute approximate surface area is 102 Å². The molecule has 0 aromatic heterocycles. The zero-order chi connectivity index (χ0) is 12.3. The summed E-state index contributed by atoms with van der Waals surface area (Å²) in [4.78, 5) is 11.5. The van der Waals surface area contributed by atoms with Crippen molar-refractivity contribution < 1.29 is 9.90 Å². The van der Waals surface area contributed by atoms with Crippen molar-refractivity contribution in [2.24, 2.45) is 5.41 Å². The number of hydrogen-bond acceptors (Lipinski definition) is 2. The first-order valence-corrected chi connectivity index (χ1v) is 6.12. The molecule has 17 heavy (non-hydrogen) atoms. The molecule has 0 bridgehead atoms. The summed E-state index contributed by atoms with van der Waals surface area (Å²) < 4.78 is 0. The second-order valence-electron chi connectivity index (χ2n) is 5.00. The Morgan fingerprint density at radius 3 is 2.41 bits per heavy atom. The van der Waals surface area contributed by atoms with Gasteiger partial charge in [0.1, 0.15) is 0 Å². The monoisotopic (exact) mass is 233 g/mol. The molecule has 1 aliphatic rings. The smallest absolute Gasteiger partial charge is 0.310 e. The van der Waals surface area contributed by atoms with Crippen LogP contribution in [-0.4, -0.2) is 24.2 Å². The number of carboxylic acids is 1. The first-order chi connectivity index (χ1) is 8.12. The summed E-state index contributed by atoms with van der Waals surface area (Å²) in [7, 11) is 0. The molecule has 0 saturated carbocycles. The van der Waals surface area contributed by atoms with E-state index < -0.39 is 11.4 Å². The minimum Gasteiger partial charge on any atom is -0.481 e. The van der Waals surface area contributed by atoms with E-state index in [1.807, 2.05) is 31.2 Å². The number of piperidine rings is 1. The van der Waals surface area contributed by atoms with Crippen molar-refractivity contribution in [1.29, 1.82) is 0 Å². The standard InChI is InChI=1S/C14H19NO2/c1-11-2-4-12(5-3-11)10-14(13(16)17)6-8-15-9-7-14/h2-5,15H,6-10H2,1H3,(H,16,17). The number of aryl methyl sites for hydroxylation is 1. The van der Waals surface area contributed by atoms with Crippen LogP contribution in [0.15, 0.2) is 24.3 Å². The van der Waals surface area contributed by atoms with Crippen molar-refractivity contribution in [3.63, 3.8) is 0 Å². The summed E-state index contributed by atoms with van der Waals surface area (Å²) in [6, 6.07) is 8.18. The van der Waals surface area contributed by atoms with Crippen molar-refractivity contribution >= 4 is 5.97 Å². The SMILES string of the molecule is Cc1ccc(CC2(C(=O)O)CCNCC2)cc1. The molecule has 0 aliphatic carbocycles. The fourth-order valence-corrected chi connectivity index (χ4v) is 2.47. The van der Waals surface area contributed by atoms with Crippen LogP contribution >= 0.6 is 0 Å². The van der Waals surface area contributed by atoms with Crippen LogP contribution in [0.1, 0.15) is 24.0 Å². The van der Waals surface area contributed by atoms with Crippen LogP contribution < -0.4 is 5.32 Å². The number of benzene rings is 1. The fraction of sp³-hybridized carbons (Fsp3) is 0.500. The van der Waals surface area contributed by atoms with Gasteiger partial charge in [0.25, 0.3) is 0 Å². The molecule has 1 fully saturated rings. The lowest BCUT2D eigenvalue weighted by Gasteiger charge is -2.33. The van der Waals surface area contributed by atoms with E-state index in [-0.39, 0.29) is 0 Å². The van der Waals surface area contributed by atoms with Crippen LogP contribution in [-0.2, 0) is 11.2 Å². The van der Waals surface area contributed by atoms with Crippen molar-refractivity contribution in [2.75, 3.05) is 13.1 Å². The first-order valence-electron chi connectivity index (χ1n) is 6.12. The van der Waals surface area contributed by atoms with Gasteiger partial charge < -0.3 is 10.4 Å². The number of carbonyl (C=O) groups is 1. The minimum atomic E-state index is -0.653. The molecule has 0 unspecified atom stereocenters. The molecule has 92 valence electrons. The van der Waals surface area contributed by atoms with Gasteiger partial charge >= 0.3 is 5.97 Å². The minimum absolute atomic E-state index is 0.569. The van der Waals surface area contributed by atoms with Crippen LogP contribution in [0.4, 0.5) is 0 Å². The van der Waals surface area contributed by atoms with Crippen LogP contribution in [0.5, 0.6) is 0 Å². The molecule has 1 aliphatic heterocycles. The molecule has 0 spiro atoms. The largest absolute Gasteiger partial charge is 0.481 e. The van der Waals surface area contributed by atoms with E-state index in [4.69, 9.17) is 0 Å². The lowest BCUT2D eigenvalue weighted by molar-refractivity contribution is -0.150. The lowest BCUT2D eigenvalue weighted by atomic mass is 9.74. The van der Waals surface area contributed by atoms with E-state index in [0.29, 0.717) is 6.42 Å². The molecule has 0 atom stereocenters. The number of hydrogen-bond donors (Lipinski definition) is 2. The van der Waals surface area contributed by atoms with E-state index in [0.717, 1.165) is 31.5 Å². The van der Waals surface area contributed by atoms with Crippen LogP contribution in [0.25, 0.3) is 0 Å². The Balaban J connectivity index is 2.17. The van der Waals surface area contributed by atoms with E-state index in [2.05, 4.69) is 5.32 Å². The number of rotatable bonds is 3. The predicted molar refractivity (Wildman–Crippen MR) is 67.1 cm³/mol. The third-order valence-corrected chi connectivity index (χ3v) is 3.68. The van der Waals surface area contributed by atoms with E-state index >= 15 is 0 Å². The van der Waals surface area contributed by atoms with E-state index in [1.165, 1.54) is 5.56 Å². The topological polar surface area (TPSA) is 49.3 Å². The second-order valence-corrected chi connectivity index (χ2v) is 5.00. The zero-order valence-corrected chi connectivity index (χ0v) is 10.2. The van der Waals surface area contributed by atoms with Crippen molar-refractivity contribution in [3.8, 4) is 0 Å². The van der Waals surface area contributed by atoms with Crippen molar-refractivity contribution in [2.45, 2.75) is 26.2 Å². The van der Waals surface area contributed by atoms with Crippen molar-refractivity contribution in [3.05, 3.63) is 35.4 Å². The fourth-order valence-electron chi connectivity index (χ4n) is 2.47. The van der Waals surface area contributed by atoms with Gasteiger partial charge in [0.15, 0.2) is 0 Å². The maximum atomic E-state index is 11.5. The molecular weight excluding hydrogens is 214 g/mol. The third kappa shape index (κ3) is 2.67. The van der Waals surface area contributed by atoms with Gasteiger partial charge in [-0.2, -0.15) is 0 Å². The van der Waals surface area contributed by atoms with Crippen molar-refractivity contribution in [1.82, 2.24) is 5.32 Å². The van der Waals surface area contributed by atoms with Gasteiger partial charge in [-0.05, 0) is 44.8 Å². The molecule has 1 aromatic carbocycles. The van der Waals surface area contributed by atoms with Gasteiger partial charge in [0.2, 0.25) is 0 Å². The van der Waals surface area contributed by atoms with Crippen LogP contribution in [0.3, 0.4) is 0 Å². The molecule has 3 nitrogen and oxygen atoms in total. The Morgan fingerprint density at radius 2 is 1.88 bits per heavy atom. The quantitative estimate of drug-likeness (QED) is 0.839. The highest BCUT2D eigenvalue weighted by molar-refractivity contribution is 5.75. The summed E-state index contributed by atoms with van der Waals surface area (Å²) in [6.07, 6.45) is 2.08. The maximum absolute atomic E-state index is 11.5. The molecule has 3 heteroatoms. The average molecular weight is 233 g/mol. The van der Waals surface area contributed by atoms with Gasteiger partial charge in [-0.25, -0.2) is 0 Å². The molecule has 1 heterocycles. The van der Waals surface area contributed by atoms with Gasteiger partial charge in [0, 0.05) is 0 Å². The summed E-state index contributed by atoms with van der Waals surface area (Å²) in [5.41, 5.74) is 1.77. The zero-order valence-electron chi connectivity index (χ0n) is 10.2. The highest BCUT2D eigenvalue weighted by Gasteiger charge is 2.39. The average Bonchev–Trinajstić information content (AvgIpc) is 2.33. The van der Waals surface area contributed by atoms with E-state index in [1.54, 1.807) is 0 Å². The first kappa shape index (κ1) is 12.1. The molecule has 0 radical (unpaired) electrons. The molecule has 0 amide bonds. The Kier molecular flexibility index (Phi) is 3.48. The molecule has 2 rings (SSSR count). The Hall–Kier alpha value is -1.35. The molecule has 1 aromatic rings. The van der Waals surface area contributed by atoms with E-state index in [9.17, 15) is 9.90 Å². The predicted octanol–water partition coefficient (Wildman–Crippen LogP) is 1.99. The lowest BCUT2D eigenvalue weighted by Crippen LogP contribution is -2.43. The molecular formula is C14H19NO2. The Bertz CT molecular complexity index is 391. The third-order valence-electron chi connectivity index (χ3n) is 3.68. The van der Waals surface area contributed by atoms with Gasteiger partial charge in [-0.1, -0.05) is 29.8 Å². The van der Waals surface area contributed by atoms with Gasteiger partial charge in [-0.3, -0.25) is 4.79 Å². The molecule has 1 saturated heterocycles. The summed E-state index contributed by atoms with van der Waals surface area (Å²) in [5, 5.41) is 12.7. The summed E-state index contributed by atoms with van der Waals surface area (Å²) in [5.74, 6) is -0.653. The number of aliphatic carboxylic acids is 1. The number of nitrogens with one attached hydrogen (secondary N) is 1. The second kappa shape index (κ2) is 4.88. The normalized spacial score (nSPS) is 18.9.